The van der Waals surface area contributed by atoms with E-state index in [2.05, 4.69) is 5.32 Å². The fourth-order valence-electron chi connectivity index (χ4n) is 2.91. The topological polar surface area (TPSA) is 75.7 Å². The number of halogens is 1. The number of benzene rings is 2. The van der Waals surface area contributed by atoms with Crippen LogP contribution in [0.3, 0.4) is 0 Å². The summed E-state index contributed by atoms with van der Waals surface area (Å²) in [6.07, 6.45) is 0.796. The van der Waals surface area contributed by atoms with E-state index in [0.29, 0.717) is 39.3 Å². The first-order chi connectivity index (χ1) is 13.4. The van der Waals surface area contributed by atoms with Gasteiger partial charge in [-0.2, -0.15) is 4.31 Å². The smallest absolute Gasteiger partial charge is 0.243 e. The molecule has 8 heteroatoms. The summed E-state index contributed by atoms with van der Waals surface area (Å²) in [5.74, 6) is -0.427. The molecule has 1 fully saturated rings. The number of carbonyl (C=O) groups is 1. The van der Waals surface area contributed by atoms with Gasteiger partial charge >= 0.3 is 0 Å². The summed E-state index contributed by atoms with van der Waals surface area (Å²) in [4.78, 5) is 12.2. The molecule has 0 aromatic heterocycles. The van der Waals surface area contributed by atoms with Crippen LogP contribution in [0.4, 0.5) is 4.39 Å². The molecule has 1 saturated heterocycles. The molecule has 0 saturated carbocycles. The van der Waals surface area contributed by atoms with E-state index in [0.717, 1.165) is 11.1 Å². The highest BCUT2D eigenvalue weighted by atomic mass is 32.2. The Kier molecular flexibility index (Phi) is 6.77. The highest BCUT2D eigenvalue weighted by Crippen LogP contribution is 2.18. The number of rotatable bonds is 7. The third-order valence-corrected chi connectivity index (χ3v) is 6.49. The Hall–Kier alpha value is -2.29. The summed E-state index contributed by atoms with van der Waals surface area (Å²) in [5.41, 5.74) is 1.71. The minimum atomic E-state index is -3.51. The van der Waals surface area contributed by atoms with Crippen molar-refractivity contribution in [2.45, 2.75) is 24.3 Å². The largest absolute Gasteiger partial charge is 0.379 e. The lowest BCUT2D eigenvalue weighted by Crippen LogP contribution is -2.40. The molecule has 3 rings (SSSR count). The van der Waals surface area contributed by atoms with Crippen LogP contribution < -0.4 is 5.32 Å². The number of nitrogens with one attached hydrogen (secondary N) is 1. The number of nitrogens with zero attached hydrogens (tertiary/aromatic N) is 1. The van der Waals surface area contributed by atoms with Gasteiger partial charge in [0.25, 0.3) is 0 Å². The molecule has 2 aromatic rings. The van der Waals surface area contributed by atoms with Crippen LogP contribution in [0.15, 0.2) is 53.4 Å². The van der Waals surface area contributed by atoms with Crippen LogP contribution in [-0.4, -0.2) is 44.9 Å². The number of aryl methyl sites for hydroxylation is 1. The summed E-state index contributed by atoms with van der Waals surface area (Å²) in [5, 5.41) is 2.79. The van der Waals surface area contributed by atoms with Gasteiger partial charge in [0.15, 0.2) is 0 Å². The van der Waals surface area contributed by atoms with Gasteiger partial charge in [0.05, 0.1) is 18.1 Å². The van der Waals surface area contributed by atoms with E-state index in [1.54, 1.807) is 36.4 Å². The summed E-state index contributed by atoms with van der Waals surface area (Å²) in [6.45, 7) is 1.88. The number of morpholine rings is 1. The van der Waals surface area contributed by atoms with Crippen LogP contribution in [-0.2, 0) is 32.5 Å². The van der Waals surface area contributed by atoms with Gasteiger partial charge in [-0.05, 0) is 41.8 Å². The standard InChI is InChI=1S/C20H23FN2O4S/c21-18-6-1-17(2-7-18)15-22-20(24)10-5-16-3-8-19(9-4-16)28(25,26)23-11-13-27-14-12-23/h1-4,6-9H,5,10-15H2,(H,22,24). The van der Waals surface area contributed by atoms with Crippen molar-refractivity contribution in [3.8, 4) is 0 Å². The molecule has 1 aliphatic heterocycles. The maximum Gasteiger partial charge on any atom is 0.243 e. The summed E-state index contributed by atoms with van der Waals surface area (Å²) >= 11 is 0. The van der Waals surface area contributed by atoms with Gasteiger partial charge < -0.3 is 10.1 Å². The normalized spacial score (nSPS) is 15.3. The molecule has 1 amide bonds. The van der Waals surface area contributed by atoms with Gasteiger partial charge in [-0.3, -0.25) is 4.79 Å². The molecule has 1 N–H and O–H groups in total. The predicted molar refractivity (Wildman–Crippen MR) is 103 cm³/mol. The Morgan fingerprint density at radius 2 is 1.61 bits per heavy atom. The molecule has 0 atom stereocenters. The van der Waals surface area contributed by atoms with Crippen LogP contribution in [0.5, 0.6) is 0 Å². The van der Waals surface area contributed by atoms with Crippen molar-refractivity contribution in [1.29, 1.82) is 0 Å². The van der Waals surface area contributed by atoms with Crippen LogP contribution in [0.1, 0.15) is 17.5 Å². The van der Waals surface area contributed by atoms with Gasteiger partial charge in [-0.1, -0.05) is 24.3 Å². The molecule has 0 aliphatic carbocycles. The van der Waals surface area contributed by atoms with Gasteiger partial charge in [-0.15, -0.1) is 0 Å². The zero-order chi connectivity index (χ0) is 20.0. The van der Waals surface area contributed by atoms with Crippen molar-refractivity contribution in [2.24, 2.45) is 0 Å². The maximum absolute atomic E-state index is 12.9. The average molecular weight is 406 g/mol. The zero-order valence-corrected chi connectivity index (χ0v) is 16.3. The van der Waals surface area contributed by atoms with Gasteiger partial charge in [0, 0.05) is 26.1 Å². The number of amides is 1. The van der Waals surface area contributed by atoms with Gasteiger partial charge in [-0.25, -0.2) is 12.8 Å². The second-order valence-electron chi connectivity index (χ2n) is 6.56. The van der Waals surface area contributed by atoms with Crippen LogP contribution in [0, 0.1) is 5.82 Å². The van der Waals surface area contributed by atoms with Crippen molar-refractivity contribution in [2.75, 3.05) is 26.3 Å². The molecule has 0 radical (unpaired) electrons. The minimum Gasteiger partial charge on any atom is -0.379 e. The summed E-state index contributed by atoms with van der Waals surface area (Å²) in [7, 11) is -3.51. The Balaban J connectivity index is 1.49. The lowest BCUT2D eigenvalue weighted by atomic mass is 10.1. The molecule has 6 nitrogen and oxygen atoms in total. The van der Waals surface area contributed by atoms with Crippen molar-refractivity contribution in [3.05, 3.63) is 65.5 Å². The second-order valence-corrected chi connectivity index (χ2v) is 8.50. The van der Waals surface area contributed by atoms with Crippen LogP contribution >= 0.6 is 0 Å². The number of hydrogen-bond donors (Lipinski definition) is 1. The molecule has 28 heavy (non-hydrogen) atoms. The first kappa shape index (κ1) is 20.4. The predicted octanol–water partition coefficient (Wildman–Crippen LogP) is 2.10. The monoisotopic (exact) mass is 406 g/mol. The average Bonchev–Trinajstić information content (AvgIpc) is 2.73. The summed E-state index contributed by atoms with van der Waals surface area (Å²) < 4.78 is 44.7. The zero-order valence-electron chi connectivity index (χ0n) is 15.4. The first-order valence-corrected chi connectivity index (χ1v) is 10.6. The third kappa shape index (κ3) is 5.37. The SMILES string of the molecule is O=C(CCc1ccc(S(=O)(=O)N2CCOCC2)cc1)NCc1ccc(F)cc1. The Morgan fingerprint density at radius 1 is 1.00 bits per heavy atom. The summed E-state index contributed by atoms with van der Waals surface area (Å²) in [6, 6.07) is 12.6. The number of sulfonamides is 1. The molecule has 0 spiro atoms. The molecule has 1 heterocycles. The first-order valence-electron chi connectivity index (χ1n) is 9.13. The maximum atomic E-state index is 12.9. The lowest BCUT2D eigenvalue weighted by Gasteiger charge is -2.26. The fourth-order valence-corrected chi connectivity index (χ4v) is 4.32. The molecule has 150 valence electrons. The van der Waals surface area contributed by atoms with E-state index in [1.165, 1.54) is 16.4 Å². The number of carbonyl (C=O) groups excluding carboxylic acids is 1. The molecular weight excluding hydrogens is 383 g/mol. The Morgan fingerprint density at radius 3 is 2.25 bits per heavy atom. The highest BCUT2D eigenvalue weighted by Gasteiger charge is 2.26. The van der Waals surface area contributed by atoms with Crippen molar-refractivity contribution in [1.82, 2.24) is 9.62 Å². The molecule has 2 aromatic carbocycles. The quantitative estimate of drug-likeness (QED) is 0.764. The van der Waals surface area contributed by atoms with E-state index < -0.39 is 10.0 Å². The van der Waals surface area contributed by atoms with E-state index in [-0.39, 0.29) is 23.0 Å². The second kappa shape index (κ2) is 9.27. The molecule has 1 aliphatic rings. The minimum absolute atomic E-state index is 0.116. The van der Waals surface area contributed by atoms with Crippen LogP contribution in [0.25, 0.3) is 0 Å². The van der Waals surface area contributed by atoms with Gasteiger partial charge in [0.2, 0.25) is 15.9 Å². The van der Waals surface area contributed by atoms with E-state index in [9.17, 15) is 17.6 Å². The van der Waals surface area contributed by atoms with Crippen LogP contribution in [0.2, 0.25) is 0 Å². The van der Waals surface area contributed by atoms with E-state index >= 15 is 0 Å². The number of hydrogen-bond acceptors (Lipinski definition) is 4. The van der Waals surface area contributed by atoms with E-state index in [1.807, 2.05) is 0 Å². The van der Waals surface area contributed by atoms with E-state index in [4.69, 9.17) is 4.74 Å². The Labute approximate surface area is 164 Å². The van der Waals surface area contributed by atoms with Crippen molar-refractivity contribution in [3.63, 3.8) is 0 Å². The molecule has 0 unspecified atom stereocenters. The third-order valence-electron chi connectivity index (χ3n) is 4.57. The highest BCUT2D eigenvalue weighted by molar-refractivity contribution is 7.89. The fraction of sp³-hybridized carbons (Fsp3) is 0.350. The number of ether oxygens (including phenoxy) is 1. The lowest BCUT2D eigenvalue weighted by molar-refractivity contribution is -0.121. The Bertz CT molecular complexity index is 893. The van der Waals surface area contributed by atoms with Gasteiger partial charge in [0.1, 0.15) is 5.82 Å². The van der Waals surface area contributed by atoms with Crippen molar-refractivity contribution < 1.29 is 22.3 Å². The van der Waals surface area contributed by atoms with Crippen molar-refractivity contribution >= 4 is 15.9 Å². The molecular formula is C20H23FN2O4S. The molecule has 0 bridgehead atoms.